The minimum atomic E-state index is -1.06. The van der Waals surface area contributed by atoms with Crippen molar-refractivity contribution in [3.63, 3.8) is 0 Å². The number of nitrogens with two attached hydrogens (primary N) is 1. The number of imidazole rings is 1. The van der Waals surface area contributed by atoms with Crippen LogP contribution in [0.4, 0.5) is 11.8 Å². The molecule has 0 spiro atoms. The van der Waals surface area contributed by atoms with Crippen molar-refractivity contribution in [2.45, 2.75) is 39.2 Å². The Hall–Kier alpha value is -3.86. The lowest BCUT2D eigenvalue weighted by molar-refractivity contribution is -0.150. The summed E-state index contributed by atoms with van der Waals surface area (Å²) in [6.07, 6.45) is 2.29. The van der Waals surface area contributed by atoms with Crippen LogP contribution in [0.25, 0.3) is 11.2 Å². The molecule has 1 unspecified atom stereocenters. The van der Waals surface area contributed by atoms with Gasteiger partial charge in [-0.25, -0.2) is 24.9 Å². The highest BCUT2D eigenvalue weighted by Gasteiger charge is 2.28. The molecule has 4 heterocycles. The van der Waals surface area contributed by atoms with Gasteiger partial charge in [-0.1, -0.05) is 5.92 Å². The van der Waals surface area contributed by atoms with Crippen molar-refractivity contribution in [1.29, 1.82) is 0 Å². The number of nitrogens with one attached hydrogen (secondary N) is 1. The molecule has 1 amide bonds. The Labute approximate surface area is 215 Å². The smallest absolute Gasteiger partial charge is 0.251 e. The number of fused-ring (bicyclic) bond motifs is 1. The van der Waals surface area contributed by atoms with Crippen molar-refractivity contribution >= 4 is 28.8 Å². The van der Waals surface area contributed by atoms with Crippen LogP contribution in [0.2, 0.25) is 0 Å². The Morgan fingerprint density at radius 3 is 2.59 bits per heavy atom. The van der Waals surface area contributed by atoms with E-state index < -0.39 is 24.3 Å². The number of aliphatic hydroxyl groups is 1. The van der Waals surface area contributed by atoms with E-state index in [4.69, 9.17) is 10.5 Å². The molecule has 0 aliphatic carbocycles. The molecule has 196 valence electrons. The van der Waals surface area contributed by atoms with E-state index >= 15 is 0 Å². The van der Waals surface area contributed by atoms with Crippen molar-refractivity contribution in [3.05, 3.63) is 30.6 Å². The molecule has 3 aromatic rings. The normalized spacial score (nSPS) is 16.6. The summed E-state index contributed by atoms with van der Waals surface area (Å²) in [5.74, 6) is 6.95. The molecule has 1 aliphatic rings. The monoisotopic (exact) mass is 508 g/mol. The second-order valence-corrected chi connectivity index (χ2v) is 8.66. The third kappa shape index (κ3) is 6.29. The maximum Gasteiger partial charge on any atom is 0.251 e. The first-order valence-corrected chi connectivity index (χ1v) is 12.2. The van der Waals surface area contributed by atoms with Crippen molar-refractivity contribution in [1.82, 2.24) is 39.7 Å². The van der Waals surface area contributed by atoms with Gasteiger partial charge in [-0.15, -0.1) is 0 Å². The molecule has 0 aromatic carbocycles. The van der Waals surface area contributed by atoms with Gasteiger partial charge in [0, 0.05) is 45.1 Å². The quantitative estimate of drug-likeness (QED) is 0.345. The van der Waals surface area contributed by atoms with E-state index in [2.05, 4.69) is 51.9 Å². The third-order valence-corrected chi connectivity index (χ3v) is 5.94. The fraction of sp³-hybridized carbons (Fsp3) is 0.500. The van der Waals surface area contributed by atoms with E-state index in [0.717, 1.165) is 32.1 Å². The molecule has 3 aromatic heterocycles. The minimum absolute atomic E-state index is 0.201. The predicted octanol–water partition coefficient (Wildman–Crippen LogP) is -0.207. The standard InChI is InChI=1S/C24H32N10O3/c1-4-26-23(36)20(16(2)35)37-17(3)34-15-29-19-21(25)30-18(31-22(19)34)7-5-10-32-11-13-33(14-12-32)24-27-8-6-9-28-24/h6,8-9,15-17,20,35H,4,10-14H2,1-3H3,(H,26,36)(H2,25,30,31)/t16?,17-,20+/m1/s1. The number of likely N-dealkylation sites (N-methyl/N-ethyl adjacent to an activating group) is 1. The summed E-state index contributed by atoms with van der Waals surface area (Å²) in [5.41, 5.74) is 6.97. The first-order valence-electron chi connectivity index (χ1n) is 12.2. The summed E-state index contributed by atoms with van der Waals surface area (Å²) >= 11 is 0. The van der Waals surface area contributed by atoms with Gasteiger partial charge in [-0.3, -0.25) is 14.3 Å². The lowest BCUT2D eigenvalue weighted by Gasteiger charge is -2.33. The van der Waals surface area contributed by atoms with Gasteiger partial charge in [0.25, 0.3) is 5.91 Å². The Balaban J connectivity index is 1.43. The Bertz CT molecular complexity index is 1260. The van der Waals surface area contributed by atoms with Gasteiger partial charge in [-0.05, 0) is 32.8 Å². The molecule has 1 saturated heterocycles. The molecular weight excluding hydrogens is 476 g/mol. The second-order valence-electron chi connectivity index (χ2n) is 8.66. The fourth-order valence-corrected chi connectivity index (χ4v) is 4.00. The summed E-state index contributed by atoms with van der Waals surface area (Å²) in [5, 5.41) is 12.7. The van der Waals surface area contributed by atoms with E-state index in [1.54, 1.807) is 36.9 Å². The van der Waals surface area contributed by atoms with Crippen LogP contribution in [0.15, 0.2) is 24.8 Å². The highest BCUT2D eigenvalue weighted by Crippen LogP contribution is 2.22. The van der Waals surface area contributed by atoms with Gasteiger partial charge in [0.15, 0.2) is 17.6 Å². The maximum atomic E-state index is 12.3. The first-order chi connectivity index (χ1) is 17.9. The lowest BCUT2D eigenvalue weighted by Crippen LogP contribution is -2.47. The number of carbonyl (C=O) groups excluding carboxylic acids is 1. The van der Waals surface area contributed by atoms with Gasteiger partial charge in [-0.2, -0.15) is 0 Å². The average Bonchev–Trinajstić information content (AvgIpc) is 3.33. The Morgan fingerprint density at radius 1 is 1.19 bits per heavy atom. The summed E-state index contributed by atoms with van der Waals surface area (Å²) in [4.78, 5) is 38.4. The highest BCUT2D eigenvalue weighted by molar-refractivity contribution is 5.82. The van der Waals surface area contributed by atoms with Crippen molar-refractivity contribution in [2.24, 2.45) is 0 Å². The number of piperazine rings is 1. The van der Waals surface area contributed by atoms with E-state index in [0.29, 0.717) is 24.3 Å². The molecule has 4 N–H and O–H groups in total. The number of aliphatic hydroxyl groups excluding tert-OH is 1. The van der Waals surface area contributed by atoms with Crippen LogP contribution >= 0.6 is 0 Å². The maximum absolute atomic E-state index is 12.3. The third-order valence-electron chi connectivity index (χ3n) is 5.94. The molecule has 1 aliphatic heterocycles. The number of rotatable bonds is 8. The number of carbonyl (C=O) groups is 1. The average molecular weight is 509 g/mol. The van der Waals surface area contributed by atoms with Crippen LogP contribution in [0, 0.1) is 11.8 Å². The number of nitrogens with zero attached hydrogens (tertiary/aromatic N) is 8. The number of nitrogen functional groups attached to an aromatic ring is 1. The number of amides is 1. The molecule has 3 atom stereocenters. The summed E-state index contributed by atoms with van der Waals surface area (Å²) in [6.45, 7) is 9.35. The van der Waals surface area contributed by atoms with Crippen LogP contribution < -0.4 is 16.0 Å². The van der Waals surface area contributed by atoms with Gasteiger partial charge >= 0.3 is 0 Å². The minimum Gasteiger partial charge on any atom is -0.390 e. The van der Waals surface area contributed by atoms with Crippen LogP contribution in [-0.2, 0) is 9.53 Å². The van der Waals surface area contributed by atoms with E-state index in [9.17, 15) is 9.90 Å². The van der Waals surface area contributed by atoms with Crippen molar-refractivity contribution in [3.8, 4) is 11.8 Å². The SMILES string of the molecule is CCNC(=O)[C@@H](O[C@H](C)n1cnc2c(N)nc(C#CCN3CCN(c4ncccn4)CC3)nc21)C(C)O. The van der Waals surface area contributed by atoms with Crippen LogP contribution in [0.1, 0.15) is 32.8 Å². The van der Waals surface area contributed by atoms with Gasteiger partial charge in [0.2, 0.25) is 11.8 Å². The van der Waals surface area contributed by atoms with Crippen LogP contribution in [0.3, 0.4) is 0 Å². The number of hydrogen-bond donors (Lipinski definition) is 3. The molecule has 37 heavy (non-hydrogen) atoms. The second kappa shape index (κ2) is 11.9. The molecule has 13 nitrogen and oxygen atoms in total. The fourth-order valence-electron chi connectivity index (χ4n) is 4.00. The topological polar surface area (TPSA) is 160 Å². The summed E-state index contributed by atoms with van der Waals surface area (Å²) in [7, 11) is 0. The molecule has 1 fully saturated rings. The number of hydrogen-bond acceptors (Lipinski definition) is 11. The molecule has 0 radical (unpaired) electrons. The first kappa shape index (κ1) is 26.2. The zero-order valence-electron chi connectivity index (χ0n) is 21.2. The molecule has 0 saturated carbocycles. The molecular formula is C24H32N10O3. The van der Waals surface area contributed by atoms with Crippen LogP contribution in [-0.4, -0.2) is 96.9 Å². The van der Waals surface area contributed by atoms with Gasteiger partial charge < -0.3 is 25.8 Å². The predicted molar refractivity (Wildman–Crippen MR) is 137 cm³/mol. The zero-order chi connectivity index (χ0) is 26.4. The number of anilines is 2. The van der Waals surface area contributed by atoms with Gasteiger partial charge in [0.05, 0.1) is 19.0 Å². The largest absolute Gasteiger partial charge is 0.390 e. The van der Waals surface area contributed by atoms with E-state index in [1.165, 1.54) is 13.3 Å². The number of ether oxygens (including phenoxy) is 1. The van der Waals surface area contributed by atoms with Crippen molar-refractivity contribution < 1.29 is 14.6 Å². The Kier molecular flexibility index (Phi) is 8.44. The van der Waals surface area contributed by atoms with Crippen LogP contribution in [0.5, 0.6) is 0 Å². The molecule has 13 heteroatoms. The molecule has 4 rings (SSSR count). The summed E-state index contributed by atoms with van der Waals surface area (Å²) in [6, 6.07) is 1.81. The summed E-state index contributed by atoms with van der Waals surface area (Å²) < 4.78 is 7.50. The zero-order valence-corrected chi connectivity index (χ0v) is 21.2. The van der Waals surface area contributed by atoms with E-state index in [-0.39, 0.29) is 11.6 Å². The highest BCUT2D eigenvalue weighted by atomic mass is 16.5. The van der Waals surface area contributed by atoms with Crippen molar-refractivity contribution in [2.75, 3.05) is 49.9 Å². The number of aromatic nitrogens is 6. The van der Waals surface area contributed by atoms with E-state index in [1.807, 2.05) is 0 Å². The van der Waals surface area contributed by atoms with Gasteiger partial charge in [0.1, 0.15) is 11.7 Å². The lowest BCUT2D eigenvalue weighted by atomic mass is 10.2. The Morgan fingerprint density at radius 2 is 1.92 bits per heavy atom. The molecule has 0 bridgehead atoms.